The molecule has 0 spiro atoms. The Hall–Kier alpha value is -2.67. The van der Waals surface area contributed by atoms with Crippen LogP contribution >= 0.6 is 11.6 Å². The maximum atomic E-state index is 12.2. The van der Waals surface area contributed by atoms with Crippen molar-refractivity contribution in [3.05, 3.63) is 52.7 Å². The standard InChI is InChI=1S/C18H20ClN5O2/c19-15-3-1-2-14(12-15)6-7-20-18(26)16-4-5-17(22-21-16)24-10-8-23(13-25)9-11-24/h1-5,12-13H,6-11H2,(H,20,26). The van der Waals surface area contributed by atoms with Crippen molar-refractivity contribution in [3.63, 3.8) is 0 Å². The topological polar surface area (TPSA) is 78.4 Å². The monoisotopic (exact) mass is 373 g/mol. The second-order valence-corrected chi connectivity index (χ2v) is 6.48. The van der Waals surface area contributed by atoms with Crippen LogP contribution in [0.4, 0.5) is 5.82 Å². The first-order valence-corrected chi connectivity index (χ1v) is 8.84. The number of hydrogen-bond donors (Lipinski definition) is 1. The van der Waals surface area contributed by atoms with Gasteiger partial charge in [-0.25, -0.2) is 0 Å². The molecule has 136 valence electrons. The second-order valence-electron chi connectivity index (χ2n) is 6.04. The average Bonchev–Trinajstić information content (AvgIpc) is 2.68. The summed E-state index contributed by atoms with van der Waals surface area (Å²) in [4.78, 5) is 26.7. The lowest BCUT2D eigenvalue weighted by atomic mass is 10.1. The van der Waals surface area contributed by atoms with Crippen LogP contribution in [0.1, 0.15) is 16.1 Å². The van der Waals surface area contributed by atoms with Crippen LogP contribution in [0.5, 0.6) is 0 Å². The Bertz CT molecular complexity index is 760. The minimum absolute atomic E-state index is 0.253. The summed E-state index contributed by atoms with van der Waals surface area (Å²) in [5, 5.41) is 11.7. The molecule has 0 atom stereocenters. The minimum Gasteiger partial charge on any atom is -0.352 e. The van der Waals surface area contributed by atoms with E-state index in [1.807, 2.05) is 29.2 Å². The van der Waals surface area contributed by atoms with Gasteiger partial charge in [-0.2, -0.15) is 0 Å². The predicted molar refractivity (Wildman–Crippen MR) is 99.4 cm³/mol. The summed E-state index contributed by atoms with van der Waals surface area (Å²) in [6.45, 7) is 3.24. The van der Waals surface area contributed by atoms with E-state index in [9.17, 15) is 9.59 Å². The lowest BCUT2D eigenvalue weighted by Gasteiger charge is -2.32. The summed E-state index contributed by atoms with van der Waals surface area (Å²) < 4.78 is 0. The van der Waals surface area contributed by atoms with Crippen LogP contribution in [-0.2, 0) is 11.2 Å². The molecule has 0 radical (unpaired) electrons. The molecule has 1 aromatic heterocycles. The molecule has 0 aliphatic carbocycles. The van der Waals surface area contributed by atoms with Crippen molar-refractivity contribution in [2.75, 3.05) is 37.6 Å². The molecule has 3 rings (SSSR count). The van der Waals surface area contributed by atoms with Crippen LogP contribution in [0.2, 0.25) is 5.02 Å². The zero-order valence-corrected chi connectivity index (χ0v) is 15.0. The molecule has 1 N–H and O–H groups in total. The Balaban J connectivity index is 1.50. The fourth-order valence-corrected chi connectivity index (χ4v) is 2.99. The van der Waals surface area contributed by atoms with Gasteiger partial charge in [0.05, 0.1) is 0 Å². The number of rotatable bonds is 6. The molecule has 2 amide bonds. The van der Waals surface area contributed by atoms with Gasteiger partial charge in [-0.15, -0.1) is 10.2 Å². The Morgan fingerprint density at radius 2 is 1.96 bits per heavy atom. The van der Waals surface area contributed by atoms with Crippen LogP contribution in [0.3, 0.4) is 0 Å². The van der Waals surface area contributed by atoms with Crippen LogP contribution in [-0.4, -0.2) is 60.1 Å². The SMILES string of the molecule is O=CN1CCN(c2ccc(C(=O)NCCc3cccc(Cl)c3)nn2)CC1. The van der Waals surface area contributed by atoms with Crippen LogP contribution < -0.4 is 10.2 Å². The lowest BCUT2D eigenvalue weighted by Crippen LogP contribution is -2.46. The van der Waals surface area contributed by atoms with E-state index in [1.165, 1.54) is 0 Å². The van der Waals surface area contributed by atoms with E-state index in [-0.39, 0.29) is 11.6 Å². The third-order valence-electron chi connectivity index (χ3n) is 4.26. The van der Waals surface area contributed by atoms with Gasteiger partial charge in [-0.05, 0) is 36.2 Å². The molecule has 1 aliphatic heterocycles. The summed E-state index contributed by atoms with van der Waals surface area (Å²) in [5.41, 5.74) is 1.35. The van der Waals surface area contributed by atoms with Crippen molar-refractivity contribution in [2.24, 2.45) is 0 Å². The number of hydrogen-bond acceptors (Lipinski definition) is 5. The van der Waals surface area contributed by atoms with E-state index in [4.69, 9.17) is 11.6 Å². The molecule has 1 aliphatic rings. The predicted octanol–water partition coefficient (Wildman–Crippen LogP) is 1.38. The number of aromatic nitrogens is 2. The number of benzene rings is 1. The number of anilines is 1. The zero-order chi connectivity index (χ0) is 18.4. The fraction of sp³-hybridized carbons (Fsp3) is 0.333. The molecule has 0 bridgehead atoms. The molecule has 7 nitrogen and oxygen atoms in total. The lowest BCUT2D eigenvalue weighted by molar-refractivity contribution is -0.118. The van der Waals surface area contributed by atoms with Gasteiger partial charge in [0.25, 0.3) is 5.91 Å². The molecule has 0 unspecified atom stereocenters. The van der Waals surface area contributed by atoms with Crippen molar-refractivity contribution in [1.29, 1.82) is 0 Å². The third-order valence-corrected chi connectivity index (χ3v) is 4.49. The van der Waals surface area contributed by atoms with Gasteiger partial charge in [-0.1, -0.05) is 23.7 Å². The minimum atomic E-state index is -0.253. The highest BCUT2D eigenvalue weighted by atomic mass is 35.5. The number of carbonyl (C=O) groups excluding carboxylic acids is 2. The molecule has 2 heterocycles. The van der Waals surface area contributed by atoms with E-state index in [0.717, 1.165) is 12.0 Å². The molecular formula is C18H20ClN5O2. The second kappa shape index (κ2) is 8.62. The van der Waals surface area contributed by atoms with Gasteiger partial charge < -0.3 is 15.1 Å². The molecule has 0 saturated carbocycles. The van der Waals surface area contributed by atoms with Gasteiger partial charge >= 0.3 is 0 Å². The van der Waals surface area contributed by atoms with Crippen molar-refractivity contribution in [1.82, 2.24) is 20.4 Å². The normalized spacial score (nSPS) is 14.2. The highest BCUT2D eigenvalue weighted by molar-refractivity contribution is 6.30. The first kappa shape index (κ1) is 18.1. The number of nitrogens with one attached hydrogen (secondary N) is 1. The molecule has 1 aromatic carbocycles. The van der Waals surface area contributed by atoms with Crippen molar-refractivity contribution in [2.45, 2.75) is 6.42 Å². The zero-order valence-electron chi connectivity index (χ0n) is 14.3. The number of amides is 2. The van der Waals surface area contributed by atoms with Crippen molar-refractivity contribution in [3.8, 4) is 0 Å². The van der Waals surface area contributed by atoms with Crippen LogP contribution in [0, 0.1) is 0 Å². The Morgan fingerprint density at radius 1 is 1.15 bits per heavy atom. The molecule has 1 saturated heterocycles. The van der Waals surface area contributed by atoms with Gasteiger partial charge in [0.2, 0.25) is 6.41 Å². The average molecular weight is 374 g/mol. The number of nitrogens with zero attached hydrogens (tertiary/aromatic N) is 4. The molecule has 26 heavy (non-hydrogen) atoms. The number of piperazine rings is 1. The number of carbonyl (C=O) groups is 2. The summed E-state index contributed by atoms with van der Waals surface area (Å²) in [5.74, 6) is 0.461. The summed E-state index contributed by atoms with van der Waals surface area (Å²) >= 11 is 5.95. The summed E-state index contributed by atoms with van der Waals surface area (Å²) in [6.07, 6.45) is 1.55. The molecule has 8 heteroatoms. The largest absolute Gasteiger partial charge is 0.352 e. The van der Waals surface area contributed by atoms with E-state index in [0.29, 0.717) is 50.0 Å². The van der Waals surface area contributed by atoms with E-state index < -0.39 is 0 Å². The maximum Gasteiger partial charge on any atom is 0.271 e. The third kappa shape index (κ3) is 4.70. The Labute approximate surface area is 157 Å². The highest BCUT2D eigenvalue weighted by Crippen LogP contribution is 2.13. The quantitative estimate of drug-likeness (QED) is 0.774. The van der Waals surface area contributed by atoms with Crippen LogP contribution in [0.15, 0.2) is 36.4 Å². The summed E-state index contributed by atoms with van der Waals surface area (Å²) in [6, 6.07) is 11.0. The van der Waals surface area contributed by atoms with Gasteiger partial charge in [0, 0.05) is 37.7 Å². The number of halogens is 1. The first-order valence-electron chi connectivity index (χ1n) is 8.46. The Morgan fingerprint density at radius 3 is 2.62 bits per heavy atom. The van der Waals surface area contributed by atoms with E-state index in [1.54, 1.807) is 17.0 Å². The first-order chi connectivity index (χ1) is 12.7. The maximum absolute atomic E-state index is 12.2. The molecule has 1 fully saturated rings. The highest BCUT2D eigenvalue weighted by Gasteiger charge is 2.17. The fourth-order valence-electron chi connectivity index (χ4n) is 2.77. The van der Waals surface area contributed by atoms with Gasteiger partial charge in [-0.3, -0.25) is 9.59 Å². The van der Waals surface area contributed by atoms with E-state index in [2.05, 4.69) is 15.5 Å². The van der Waals surface area contributed by atoms with Gasteiger partial charge in [0.1, 0.15) is 0 Å². The Kier molecular flexibility index (Phi) is 6.01. The van der Waals surface area contributed by atoms with Crippen LogP contribution in [0.25, 0.3) is 0 Å². The smallest absolute Gasteiger partial charge is 0.271 e. The van der Waals surface area contributed by atoms with Gasteiger partial charge in [0.15, 0.2) is 11.5 Å². The van der Waals surface area contributed by atoms with Crippen molar-refractivity contribution >= 4 is 29.7 Å². The summed E-state index contributed by atoms with van der Waals surface area (Å²) in [7, 11) is 0. The molecule has 2 aromatic rings. The van der Waals surface area contributed by atoms with Crippen molar-refractivity contribution < 1.29 is 9.59 Å². The molecular weight excluding hydrogens is 354 g/mol. The van der Waals surface area contributed by atoms with E-state index >= 15 is 0 Å².